The van der Waals surface area contributed by atoms with Crippen LogP contribution in [-0.4, -0.2) is 38.8 Å². The van der Waals surface area contributed by atoms with Crippen LogP contribution in [0.4, 0.5) is 0 Å². The number of carbonyl (C=O) groups is 1. The van der Waals surface area contributed by atoms with Crippen LogP contribution in [-0.2, 0) is 11.3 Å². The van der Waals surface area contributed by atoms with E-state index >= 15 is 0 Å². The van der Waals surface area contributed by atoms with Crippen LogP contribution in [0.25, 0.3) is 11.5 Å². The number of hydrogen-bond acceptors (Lipinski definition) is 5. The Morgan fingerprint density at radius 3 is 2.71 bits per heavy atom. The summed E-state index contributed by atoms with van der Waals surface area (Å²) in [7, 11) is 0. The molecule has 0 radical (unpaired) electrons. The summed E-state index contributed by atoms with van der Waals surface area (Å²) in [6.07, 6.45) is 0. The van der Waals surface area contributed by atoms with Gasteiger partial charge in [-0.05, 0) is 26.0 Å². The number of carboxylic acid groups (broad SMARTS) is 1. The van der Waals surface area contributed by atoms with E-state index in [1.807, 2.05) is 26.0 Å². The summed E-state index contributed by atoms with van der Waals surface area (Å²) in [6.45, 7) is 4.02. The molecule has 0 atom stereocenters. The minimum Gasteiger partial charge on any atom is -0.480 e. The molecule has 1 N–H and O–H groups in total. The highest BCUT2D eigenvalue weighted by atomic mass is 35.5. The number of rotatable bonds is 6. The summed E-state index contributed by atoms with van der Waals surface area (Å²) < 4.78 is 5.57. The second kappa shape index (κ2) is 6.69. The van der Waals surface area contributed by atoms with E-state index in [1.54, 1.807) is 17.0 Å². The van der Waals surface area contributed by atoms with Gasteiger partial charge >= 0.3 is 5.97 Å². The van der Waals surface area contributed by atoms with Crippen molar-refractivity contribution in [2.45, 2.75) is 26.4 Å². The largest absolute Gasteiger partial charge is 0.480 e. The second-order valence-electron chi connectivity index (χ2n) is 4.87. The molecule has 0 spiro atoms. The first kappa shape index (κ1) is 15.5. The highest BCUT2D eigenvalue weighted by molar-refractivity contribution is 6.33. The lowest BCUT2D eigenvalue weighted by Gasteiger charge is -2.22. The summed E-state index contributed by atoms with van der Waals surface area (Å²) in [6, 6.07) is 7.23. The lowest BCUT2D eigenvalue weighted by atomic mass is 10.2. The number of halogens is 1. The van der Waals surface area contributed by atoms with E-state index in [1.165, 1.54) is 0 Å². The third-order valence-corrected chi connectivity index (χ3v) is 3.31. The Morgan fingerprint density at radius 1 is 1.38 bits per heavy atom. The smallest absolute Gasteiger partial charge is 0.317 e. The first-order chi connectivity index (χ1) is 9.97. The molecule has 6 nitrogen and oxygen atoms in total. The second-order valence-corrected chi connectivity index (χ2v) is 5.28. The first-order valence-electron chi connectivity index (χ1n) is 6.50. The van der Waals surface area contributed by atoms with Gasteiger partial charge in [-0.2, -0.15) is 0 Å². The van der Waals surface area contributed by atoms with Crippen LogP contribution in [0, 0.1) is 0 Å². The third kappa shape index (κ3) is 4.03. The van der Waals surface area contributed by atoms with Crippen molar-refractivity contribution in [3.63, 3.8) is 0 Å². The molecule has 2 aromatic rings. The minimum absolute atomic E-state index is 0.0526. The third-order valence-electron chi connectivity index (χ3n) is 2.98. The summed E-state index contributed by atoms with van der Waals surface area (Å²) in [5, 5.41) is 17.3. The van der Waals surface area contributed by atoms with Gasteiger partial charge in [0.1, 0.15) is 0 Å². The van der Waals surface area contributed by atoms with Crippen LogP contribution in [0.5, 0.6) is 0 Å². The van der Waals surface area contributed by atoms with Crippen LogP contribution in [0.1, 0.15) is 19.7 Å². The zero-order chi connectivity index (χ0) is 15.4. The fraction of sp³-hybridized carbons (Fsp3) is 0.357. The average Bonchev–Trinajstić information content (AvgIpc) is 2.86. The summed E-state index contributed by atoms with van der Waals surface area (Å²) in [4.78, 5) is 12.6. The molecule has 1 aromatic heterocycles. The number of hydrogen-bond donors (Lipinski definition) is 1. The molecule has 0 aliphatic carbocycles. The van der Waals surface area contributed by atoms with Gasteiger partial charge in [-0.3, -0.25) is 9.69 Å². The van der Waals surface area contributed by atoms with Crippen molar-refractivity contribution in [2.24, 2.45) is 0 Å². The Hall–Kier alpha value is -1.92. The zero-order valence-electron chi connectivity index (χ0n) is 11.8. The summed E-state index contributed by atoms with van der Waals surface area (Å²) in [5.74, 6) is -0.205. The van der Waals surface area contributed by atoms with Crippen LogP contribution in [0.2, 0.25) is 5.02 Å². The van der Waals surface area contributed by atoms with Crippen molar-refractivity contribution in [1.29, 1.82) is 0 Å². The van der Waals surface area contributed by atoms with Gasteiger partial charge in [0.05, 0.1) is 23.7 Å². The molecule has 0 aliphatic heterocycles. The zero-order valence-corrected chi connectivity index (χ0v) is 12.5. The molecule has 0 amide bonds. The molecule has 1 aromatic carbocycles. The number of nitrogens with zero attached hydrogens (tertiary/aromatic N) is 3. The van der Waals surface area contributed by atoms with Crippen molar-refractivity contribution in [1.82, 2.24) is 15.1 Å². The van der Waals surface area contributed by atoms with Crippen LogP contribution in [0.3, 0.4) is 0 Å². The van der Waals surface area contributed by atoms with E-state index in [2.05, 4.69) is 10.2 Å². The van der Waals surface area contributed by atoms with Gasteiger partial charge in [0.25, 0.3) is 0 Å². The van der Waals surface area contributed by atoms with Crippen molar-refractivity contribution in [2.75, 3.05) is 6.54 Å². The van der Waals surface area contributed by atoms with E-state index in [9.17, 15) is 4.79 Å². The quantitative estimate of drug-likeness (QED) is 0.883. The molecule has 0 aliphatic rings. The molecule has 0 saturated carbocycles. The number of benzene rings is 1. The molecule has 0 bridgehead atoms. The van der Waals surface area contributed by atoms with Crippen LogP contribution < -0.4 is 0 Å². The fourth-order valence-electron chi connectivity index (χ4n) is 1.83. The van der Waals surface area contributed by atoms with Gasteiger partial charge in [-0.25, -0.2) is 0 Å². The maximum Gasteiger partial charge on any atom is 0.317 e. The lowest BCUT2D eigenvalue weighted by Crippen LogP contribution is -2.35. The number of carboxylic acids is 1. The highest BCUT2D eigenvalue weighted by Crippen LogP contribution is 2.26. The van der Waals surface area contributed by atoms with Crippen molar-refractivity contribution >= 4 is 17.6 Å². The normalized spacial score (nSPS) is 11.3. The Labute approximate surface area is 127 Å². The van der Waals surface area contributed by atoms with Gasteiger partial charge in [-0.1, -0.05) is 23.7 Å². The molecule has 0 fully saturated rings. The first-order valence-corrected chi connectivity index (χ1v) is 6.88. The van der Waals surface area contributed by atoms with E-state index in [0.29, 0.717) is 22.4 Å². The Morgan fingerprint density at radius 2 is 2.10 bits per heavy atom. The van der Waals surface area contributed by atoms with E-state index in [4.69, 9.17) is 21.1 Å². The highest BCUT2D eigenvalue weighted by Gasteiger charge is 2.18. The molecule has 1 heterocycles. The van der Waals surface area contributed by atoms with Crippen molar-refractivity contribution < 1.29 is 14.3 Å². The minimum atomic E-state index is -0.894. The predicted molar refractivity (Wildman–Crippen MR) is 77.9 cm³/mol. The molecule has 21 heavy (non-hydrogen) atoms. The Bertz CT molecular complexity index is 627. The van der Waals surface area contributed by atoms with Gasteiger partial charge in [0.15, 0.2) is 0 Å². The predicted octanol–water partition coefficient (Wildman–Crippen LogP) is 2.69. The molecule has 0 saturated heterocycles. The Kier molecular flexibility index (Phi) is 4.93. The fourth-order valence-corrected chi connectivity index (χ4v) is 2.05. The van der Waals surface area contributed by atoms with Gasteiger partial charge < -0.3 is 9.52 Å². The molecule has 0 unspecified atom stereocenters. The Balaban J connectivity index is 2.16. The van der Waals surface area contributed by atoms with Gasteiger partial charge in [0.2, 0.25) is 11.8 Å². The number of aromatic nitrogens is 2. The molecule has 112 valence electrons. The SMILES string of the molecule is CC(C)N(CC(=O)O)Cc1nnc(-c2ccccc2Cl)o1. The molecular weight excluding hydrogens is 294 g/mol. The van der Waals surface area contributed by atoms with Crippen molar-refractivity contribution in [3.8, 4) is 11.5 Å². The summed E-state index contributed by atoms with van der Waals surface area (Å²) >= 11 is 6.08. The van der Waals surface area contributed by atoms with Crippen molar-refractivity contribution in [3.05, 3.63) is 35.2 Å². The maximum absolute atomic E-state index is 10.8. The monoisotopic (exact) mass is 309 g/mol. The molecule has 2 rings (SSSR count). The van der Waals surface area contributed by atoms with Gasteiger partial charge in [0, 0.05) is 6.04 Å². The number of aliphatic carboxylic acids is 1. The maximum atomic E-state index is 10.8. The molecule has 7 heteroatoms. The molecular formula is C14H16ClN3O3. The van der Waals surface area contributed by atoms with Crippen LogP contribution >= 0.6 is 11.6 Å². The average molecular weight is 310 g/mol. The van der Waals surface area contributed by atoms with Gasteiger partial charge in [-0.15, -0.1) is 10.2 Å². The van der Waals surface area contributed by atoms with E-state index in [-0.39, 0.29) is 19.1 Å². The summed E-state index contributed by atoms with van der Waals surface area (Å²) in [5.41, 5.74) is 0.659. The van der Waals surface area contributed by atoms with Crippen LogP contribution in [0.15, 0.2) is 28.7 Å². The standard InChI is InChI=1S/C14H16ClN3O3/c1-9(2)18(8-13(19)20)7-12-16-17-14(21-12)10-5-3-4-6-11(10)15/h3-6,9H,7-8H2,1-2H3,(H,19,20). The van der Waals surface area contributed by atoms with E-state index < -0.39 is 5.97 Å². The lowest BCUT2D eigenvalue weighted by molar-refractivity contribution is -0.139. The van der Waals surface area contributed by atoms with E-state index in [0.717, 1.165) is 0 Å². The topological polar surface area (TPSA) is 79.5 Å².